The van der Waals surface area contributed by atoms with Crippen LogP contribution < -0.4 is 5.06 Å². The van der Waals surface area contributed by atoms with Gasteiger partial charge in [-0.05, 0) is 11.4 Å². The summed E-state index contributed by atoms with van der Waals surface area (Å²) >= 11 is 1.63. The van der Waals surface area contributed by atoms with Gasteiger partial charge in [0.2, 0.25) is 0 Å². The van der Waals surface area contributed by atoms with Gasteiger partial charge in [-0.3, -0.25) is 0 Å². The monoisotopic (exact) mass is 143 g/mol. The first kappa shape index (κ1) is 6.74. The lowest BCUT2D eigenvalue weighted by Gasteiger charge is -2.13. The Morgan fingerprint density at radius 3 is 3.00 bits per heavy atom. The van der Waals surface area contributed by atoms with Crippen LogP contribution in [0.4, 0.5) is 0 Å². The maximum Gasteiger partial charge on any atom is 0.112 e. The third kappa shape index (κ3) is 2.13. The summed E-state index contributed by atoms with van der Waals surface area (Å²) in [4.78, 5) is 1.16. The van der Waals surface area contributed by atoms with Crippen molar-refractivity contribution in [2.24, 2.45) is 0 Å². The highest BCUT2D eigenvalue weighted by Crippen LogP contribution is 2.05. The summed E-state index contributed by atoms with van der Waals surface area (Å²) in [7, 11) is 1.61. The van der Waals surface area contributed by atoms with Gasteiger partial charge in [0.05, 0.1) is 11.9 Å². The van der Waals surface area contributed by atoms with Crippen LogP contribution in [0, 0.1) is 5.21 Å². The molecule has 0 aliphatic carbocycles. The molecule has 1 heterocycles. The summed E-state index contributed by atoms with van der Waals surface area (Å²) < 4.78 is 0. The molecule has 0 saturated carbocycles. The minimum absolute atomic E-state index is 0.234. The molecule has 9 heavy (non-hydrogen) atoms. The van der Waals surface area contributed by atoms with Gasteiger partial charge >= 0.3 is 0 Å². The van der Waals surface area contributed by atoms with E-state index in [9.17, 15) is 5.21 Å². The van der Waals surface area contributed by atoms with Crippen LogP contribution in [-0.2, 0) is 6.54 Å². The average Bonchev–Trinajstić information content (AvgIpc) is 2.15. The predicted octanol–water partition coefficient (Wildman–Crippen LogP) is 0.261. The Morgan fingerprint density at radius 2 is 2.56 bits per heavy atom. The van der Waals surface area contributed by atoms with Crippen LogP contribution in [0.5, 0.6) is 0 Å². The van der Waals surface area contributed by atoms with Crippen molar-refractivity contribution in [3.05, 3.63) is 27.6 Å². The molecule has 1 aromatic rings. The Balaban J connectivity index is 2.48. The number of nitrogens with one attached hydrogen (secondary N) is 1. The number of hydrogen-bond acceptors (Lipinski definition) is 2. The maximum atomic E-state index is 10.5. The van der Waals surface area contributed by atoms with Gasteiger partial charge in [-0.25, -0.2) is 0 Å². The van der Waals surface area contributed by atoms with Crippen LogP contribution in [0.1, 0.15) is 4.88 Å². The molecular weight excluding hydrogens is 134 g/mol. The molecule has 1 atom stereocenters. The van der Waals surface area contributed by atoms with Crippen molar-refractivity contribution < 1.29 is 5.06 Å². The van der Waals surface area contributed by atoms with Crippen molar-refractivity contribution in [2.75, 3.05) is 7.05 Å². The molecule has 0 aliphatic heterocycles. The second-order valence-corrected chi connectivity index (χ2v) is 2.99. The lowest BCUT2D eigenvalue weighted by Crippen LogP contribution is -3.02. The van der Waals surface area contributed by atoms with Gasteiger partial charge in [-0.1, -0.05) is 6.07 Å². The van der Waals surface area contributed by atoms with Gasteiger partial charge in [0, 0.05) is 0 Å². The minimum atomic E-state index is 0.234. The number of hydroxylamine groups is 2. The second-order valence-electron chi connectivity index (χ2n) is 1.96. The normalized spacial score (nSPS) is 13.6. The van der Waals surface area contributed by atoms with E-state index in [1.54, 1.807) is 18.4 Å². The molecule has 1 unspecified atom stereocenters. The molecule has 1 N–H and O–H groups in total. The standard InChI is InChI=1S/C6H9NOS/c1-7(8)5-6-3-2-4-9-6/h2-4,7H,5H2,1H3. The van der Waals surface area contributed by atoms with Crippen molar-refractivity contribution in [3.63, 3.8) is 0 Å². The van der Waals surface area contributed by atoms with Gasteiger partial charge < -0.3 is 10.3 Å². The molecule has 3 heteroatoms. The van der Waals surface area contributed by atoms with E-state index in [1.165, 1.54) is 0 Å². The quantitative estimate of drug-likeness (QED) is 0.591. The number of thiophene rings is 1. The average molecular weight is 143 g/mol. The Hall–Kier alpha value is -0.380. The lowest BCUT2D eigenvalue weighted by atomic mass is 10.5. The Labute approximate surface area is 58.3 Å². The third-order valence-electron chi connectivity index (χ3n) is 1.00. The van der Waals surface area contributed by atoms with Gasteiger partial charge in [-0.2, -0.15) is 0 Å². The zero-order valence-corrected chi connectivity index (χ0v) is 6.07. The summed E-state index contributed by atoms with van der Waals surface area (Å²) in [5.74, 6) is 0. The maximum absolute atomic E-state index is 10.5. The van der Waals surface area contributed by atoms with Gasteiger partial charge in [-0.15, -0.1) is 11.3 Å². The largest absolute Gasteiger partial charge is 0.634 e. The number of hydrogen-bond donors (Lipinski definition) is 1. The van der Waals surface area contributed by atoms with E-state index in [-0.39, 0.29) is 5.06 Å². The first-order chi connectivity index (χ1) is 4.29. The van der Waals surface area contributed by atoms with Crippen molar-refractivity contribution >= 4 is 11.3 Å². The predicted molar refractivity (Wildman–Crippen MR) is 38.3 cm³/mol. The Morgan fingerprint density at radius 1 is 1.78 bits per heavy atom. The summed E-state index contributed by atoms with van der Waals surface area (Å²) in [6.07, 6.45) is 0. The first-order valence-corrected chi connectivity index (χ1v) is 3.69. The molecule has 0 bridgehead atoms. The van der Waals surface area contributed by atoms with Crippen molar-refractivity contribution in [2.45, 2.75) is 6.54 Å². The molecule has 0 fully saturated rings. The smallest absolute Gasteiger partial charge is 0.112 e. The van der Waals surface area contributed by atoms with E-state index in [1.807, 2.05) is 17.5 Å². The molecule has 0 aliphatic rings. The Bertz CT molecular complexity index is 160. The SMILES string of the molecule is C[NH+]([O-])Cc1cccs1. The molecule has 0 saturated heterocycles. The highest BCUT2D eigenvalue weighted by molar-refractivity contribution is 7.09. The van der Waals surface area contributed by atoms with Crippen LogP contribution in [0.15, 0.2) is 17.5 Å². The third-order valence-corrected chi connectivity index (χ3v) is 1.88. The molecule has 0 aromatic carbocycles. The summed E-state index contributed by atoms with van der Waals surface area (Å²) in [5, 5.41) is 12.7. The molecule has 0 spiro atoms. The van der Waals surface area contributed by atoms with Gasteiger partial charge in [0.15, 0.2) is 0 Å². The van der Waals surface area contributed by atoms with Crippen LogP contribution in [-0.4, -0.2) is 7.05 Å². The fourth-order valence-corrected chi connectivity index (χ4v) is 1.43. The fraction of sp³-hybridized carbons (Fsp3) is 0.333. The van der Waals surface area contributed by atoms with Crippen molar-refractivity contribution in [3.8, 4) is 0 Å². The fourth-order valence-electron chi connectivity index (χ4n) is 0.659. The molecular formula is C6H9NOS. The number of rotatable bonds is 2. The zero-order valence-electron chi connectivity index (χ0n) is 5.26. The van der Waals surface area contributed by atoms with Crippen LogP contribution in [0.3, 0.4) is 0 Å². The van der Waals surface area contributed by atoms with Crippen molar-refractivity contribution in [1.82, 2.24) is 0 Å². The van der Waals surface area contributed by atoms with Crippen LogP contribution in [0.2, 0.25) is 0 Å². The van der Waals surface area contributed by atoms with E-state index < -0.39 is 0 Å². The van der Waals surface area contributed by atoms with Crippen LogP contribution >= 0.6 is 11.3 Å². The highest BCUT2D eigenvalue weighted by atomic mass is 32.1. The van der Waals surface area contributed by atoms with E-state index in [4.69, 9.17) is 0 Å². The zero-order chi connectivity index (χ0) is 6.69. The molecule has 1 aromatic heterocycles. The van der Waals surface area contributed by atoms with E-state index >= 15 is 0 Å². The van der Waals surface area contributed by atoms with E-state index in [0.717, 1.165) is 4.88 Å². The summed E-state index contributed by atoms with van der Waals surface area (Å²) in [6.45, 7) is 0.595. The van der Waals surface area contributed by atoms with E-state index in [0.29, 0.717) is 6.54 Å². The lowest BCUT2D eigenvalue weighted by molar-refractivity contribution is -0.840. The van der Waals surface area contributed by atoms with Gasteiger partial charge in [0.1, 0.15) is 6.54 Å². The summed E-state index contributed by atoms with van der Waals surface area (Å²) in [6, 6.07) is 3.94. The molecule has 0 amide bonds. The molecule has 50 valence electrons. The molecule has 0 radical (unpaired) electrons. The minimum Gasteiger partial charge on any atom is -0.634 e. The molecule has 2 nitrogen and oxygen atoms in total. The van der Waals surface area contributed by atoms with Crippen molar-refractivity contribution in [1.29, 1.82) is 0 Å². The van der Waals surface area contributed by atoms with Crippen LogP contribution in [0.25, 0.3) is 0 Å². The topological polar surface area (TPSA) is 27.5 Å². The van der Waals surface area contributed by atoms with Gasteiger partial charge in [0.25, 0.3) is 0 Å². The summed E-state index contributed by atoms with van der Waals surface area (Å²) in [5.41, 5.74) is 0. The number of quaternary nitrogens is 1. The second kappa shape index (κ2) is 2.96. The highest BCUT2D eigenvalue weighted by Gasteiger charge is 1.93. The first-order valence-electron chi connectivity index (χ1n) is 2.81. The van der Waals surface area contributed by atoms with E-state index in [2.05, 4.69) is 0 Å². The molecule has 1 rings (SSSR count). The Kier molecular flexibility index (Phi) is 2.22.